The number of amides is 1. The van der Waals surface area contributed by atoms with E-state index in [1.807, 2.05) is 43.4 Å². The zero-order valence-corrected chi connectivity index (χ0v) is 19.1. The third kappa shape index (κ3) is 6.91. The highest BCUT2D eigenvalue weighted by Gasteiger charge is 2.29. The molecule has 2 atom stereocenters. The second kappa shape index (κ2) is 12.6. The van der Waals surface area contributed by atoms with Crippen LogP contribution in [0.5, 0.6) is 0 Å². The van der Waals surface area contributed by atoms with E-state index in [0.29, 0.717) is 5.92 Å². The molecule has 0 aliphatic carbocycles. The van der Waals surface area contributed by atoms with Crippen molar-refractivity contribution in [2.75, 3.05) is 33.2 Å². The van der Waals surface area contributed by atoms with Crippen molar-refractivity contribution in [1.82, 2.24) is 10.2 Å². The quantitative estimate of drug-likeness (QED) is 0.463. The van der Waals surface area contributed by atoms with Crippen molar-refractivity contribution in [3.8, 4) is 0 Å². The van der Waals surface area contributed by atoms with Gasteiger partial charge in [0.25, 0.3) is 0 Å². The van der Waals surface area contributed by atoms with Gasteiger partial charge in [0.05, 0.1) is 5.92 Å². The zero-order valence-electron chi connectivity index (χ0n) is 19.1. The maximum Gasteiger partial charge on any atom is 0.229 e. The van der Waals surface area contributed by atoms with Crippen LogP contribution in [0.15, 0.2) is 54.6 Å². The summed E-state index contributed by atoms with van der Waals surface area (Å²) in [7, 11) is 2.03. The molecule has 4 nitrogen and oxygen atoms in total. The van der Waals surface area contributed by atoms with E-state index >= 15 is 0 Å². The molecule has 3 rings (SSSR count). The van der Waals surface area contributed by atoms with Gasteiger partial charge in [-0.05, 0) is 68.6 Å². The molecular weight excluding hydrogens is 382 g/mol. The highest BCUT2D eigenvalue weighted by molar-refractivity contribution is 5.86. The zero-order chi connectivity index (χ0) is 21.9. The van der Waals surface area contributed by atoms with E-state index in [-0.39, 0.29) is 11.8 Å². The number of carbonyl (C=O) groups excluding carboxylic acids is 1. The first-order valence-electron chi connectivity index (χ1n) is 12.0. The molecule has 1 amide bonds. The molecule has 2 aromatic carbocycles. The molecule has 3 N–H and O–H groups in total. The number of rotatable bonds is 13. The number of hydrogen-bond donors (Lipinski definition) is 2. The van der Waals surface area contributed by atoms with Gasteiger partial charge < -0.3 is 16.0 Å². The van der Waals surface area contributed by atoms with Gasteiger partial charge in [0.2, 0.25) is 5.91 Å². The minimum absolute atomic E-state index is 0.275. The second-order valence-corrected chi connectivity index (χ2v) is 8.89. The molecule has 1 heterocycles. The molecule has 2 aromatic rings. The van der Waals surface area contributed by atoms with Gasteiger partial charge in [0.15, 0.2) is 0 Å². The number of nitrogens with two attached hydrogens (primary N) is 1. The van der Waals surface area contributed by atoms with E-state index in [1.165, 1.54) is 50.6 Å². The summed E-state index contributed by atoms with van der Waals surface area (Å²) in [6.07, 6.45) is 9.10. The first-order valence-corrected chi connectivity index (χ1v) is 12.0. The van der Waals surface area contributed by atoms with Crippen LogP contribution in [-0.2, 0) is 4.79 Å². The van der Waals surface area contributed by atoms with Crippen LogP contribution in [0.25, 0.3) is 0 Å². The number of nitrogens with zero attached hydrogens (tertiary/aromatic N) is 1. The maximum atomic E-state index is 12.4. The van der Waals surface area contributed by atoms with Crippen LogP contribution in [0.2, 0.25) is 0 Å². The lowest BCUT2D eigenvalue weighted by Gasteiger charge is -2.22. The molecule has 1 saturated heterocycles. The van der Waals surface area contributed by atoms with Crippen molar-refractivity contribution in [3.05, 3.63) is 71.3 Å². The Morgan fingerprint density at radius 1 is 1.00 bits per heavy atom. The first kappa shape index (κ1) is 23.5. The normalized spacial score (nSPS) is 17.6. The highest BCUT2D eigenvalue weighted by Crippen LogP contribution is 2.35. The lowest BCUT2D eigenvalue weighted by Crippen LogP contribution is -2.25. The summed E-state index contributed by atoms with van der Waals surface area (Å²) in [5.41, 5.74) is 9.23. The number of nitrogens with one attached hydrogen (secondary N) is 1. The van der Waals surface area contributed by atoms with E-state index in [9.17, 15) is 4.79 Å². The molecular formula is C27H39N3O. The fourth-order valence-corrected chi connectivity index (χ4v) is 4.92. The van der Waals surface area contributed by atoms with E-state index in [0.717, 1.165) is 37.2 Å². The van der Waals surface area contributed by atoms with Gasteiger partial charge in [-0.1, -0.05) is 80.3 Å². The fourth-order valence-electron chi connectivity index (χ4n) is 4.92. The summed E-state index contributed by atoms with van der Waals surface area (Å²) >= 11 is 0. The van der Waals surface area contributed by atoms with Gasteiger partial charge in [0.1, 0.15) is 0 Å². The standard InChI is InChI=1S/C27H39N3O/c1-29-18-11-4-2-3-5-12-19-30-20-17-23(21-30)24-15-9-10-16-25(24)26(27(28)31)22-13-7-6-8-14-22/h6-10,13-16,23,26,29H,2-5,11-12,17-21H2,1H3,(H2,28,31)/t23-,26?/m0/s1. The Morgan fingerprint density at radius 3 is 2.42 bits per heavy atom. The van der Waals surface area contributed by atoms with Crippen molar-refractivity contribution in [3.63, 3.8) is 0 Å². The number of likely N-dealkylation sites (tertiary alicyclic amines) is 1. The van der Waals surface area contributed by atoms with Gasteiger partial charge in [-0.3, -0.25) is 4.79 Å². The fraction of sp³-hybridized carbons (Fsp3) is 0.519. The molecule has 1 unspecified atom stereocenters. The predicted molar refractivity (Wildman–Crippen MR) is 129 cm³/mol. The summed E-state index contributed by atoms with van der Waals surface area (Å²) in [4.78, 5) is 15.0. The maximum absolute atomic E-state index is 12.4. The van der Waals surface area contributed by atoms with Gasteiger partial charge >= 0.3 is 0 Å². The number of primary amides is 1. The Labute approximate surface area is 188 Å². The van der Waals surface area contributed by atoms with E-state index in [1.54, 1.807) is 0 Å². The molecule has 1 aliphatic heterocycles. The van der Waals surface area contributed by atoms with Crippen LogP contribution in [0.4, 0.5) is 0 Å². The Balaban J connectivity index is 1.55. The summed E-state index contributed by atoms with van der Waals surface area (Å²) in [5.74, 6) is -0.180. The van der Waals surface area contributed by atoms with Crippen LogP contribution in [0, 0.1) is 0 Å². The third-order valence-electron chi connectivity index (χ3n) is 6.59. The van der Waals surface area contributed by atoms with Crippen molar-refractivity contribution in [1.29, 1.82) is 0 Å². The average molecular weight is 422 g/mol. The Morgan fingerprint density at radius 2 is 1.68 bits per heavy atom. The second-order valence-electron chi connectivity index (χ2n) is 8.89. The molecule has 31 heavy (non-hydrogen) atoms. The summed E-state index contributed by atoms with van der Waals surface area (Å²) < 4.78 is 0. The van der Waals surface area contributed by atoms with Gasteiger partial charge in [0, 0.05) is 6.54 Å². The predicted octanol–water partition coefficient (Wildman–Crippen LogP) is 4.65. The molecule has 168 valence electrons. The van der Waals surface area contributed by atoms with E-state index in [4.69, 9.17) is 5.73 Å². The number of unbranched alkanes of at least 4 members (excludes halogenated alkanes) is 5. The molecule has 0 aromatic heterocycles. The van der Waals surface area contributed by atoms with Crippen molar-refractivity contribution >= 4 is 5.91 Å². The molecule has 4 heteroatoms. The van der Waals surface area contributed by atoms with Gasteiger partial charge in [-0.15, -0.1) is 0 Å². The molecule has 1 fully saturated rings. The molecule has 1 aliphatic rings. The van der Waals surface area contributed by atoms with Crippen LogP contribution in [0.1, 0.15) is 73.5 Å². The minimum atomic E-state index is -0.380. The van der Waals surface area contributed by atoms with Crippen LogP contribution in [-0.4, -0.2) is 44.0 Å². The SMILES string of the molecule is CNCCCCCCCCN1CC[C@H](c2ccccc2C(C(N)=O)c2ccccc2)C1. The minimum Gasteiger partial charge on any atom is -0.369 e. The van der Waals surface area contributed by atoms with Crippen LogP contribution < -0.4 is 11.1 Å². The van der Waals surface area contributed by atoms with Gasteiger partial charge in [-0.25, -0.2) is 0 Å². The third-order valence-corrected chi connectivity index (χ3v) is 6.59. The highest BCUT2D eigenvalue weighted by atomic mass is 16.1. The van der Waals surface area contributed by atoms with Crippen molar-refractivity contribution in [2.45, 2.75) is 56.8 Å². The summed E-state index contributed by atoms with van der Waals surface area (Å²) in [5, 5.41) is 3.22. The number of carbonyl (C=O) groups is 1. The van der Waals surface area contributed by atoms with Crippen LogP contribution >= 0.6 is 0 Å². The van der Waals surface area contributed by atoms with Crippen molar-refractivity contribution in [2.24, 2.45) is 5.73 Å². The number of benzene rings is 2. The average Bonchev–Trinajstić information content (AvgIpc) is 3.25. The lowest BCUT2D eigenvalue weighted by atomic mass is 9.83. The topological polar surface area (TPSA) is 58.4 Å². The first-order chi connectivity index (χ1) is 15.2. The number of hydrogen-bond acceptors (Lipinski definition) is 3. The Hall–Kier alpha value is -2.17. The lowest BCUT2D eigenvalue weighted by molar-refractivity contribution is -0.118. The summed E-state index contributed by atoms with van der Waals surface area (Å²) in [6, 6.07) is 18.4. The largest absolute Gasteiger partial charge is 0.369 e. The molecule has 0 spiro atoms. The van der Waals surface area contributed by atoms with Crippen LogP contribution in [0.3, 0.4) is 0 Å². The van der Waals surface area contributed by atoms with E-state index < -0.39 is 0 Å². The van der Waals surface area contributed by atoms with Crippen molar-refractivity contribution < 1.29 is 4.79 Å². The van der Waals surface area contributed by atoms with Gasteiger partial charge in [-0.2, -0.15) is 0 Å². The molecule has 0 radical (unpaired) electrons. The monoisotopic (exact) mass is 421 g/mol. The Kier molecular flexibility index (Phi) is 9.57. The smallest absolute Gasteiger partial charge is 0.229 e. The summed E-state index contributed by atoms with van der Waals surface area (Å²) in [6.45, 7) is 4.55. The molecule has 0 bridgehead atoms. The van der Waals surface area contributed by atoms with E-state index in [2.05, 4.69) is 28.4 Å². The Bertz CT molecular complexity index is 792. The molecule has 0 saturated carbocycles.